The van der Waals surface area contributed by atoms with E-state index in [2.05, 4.69) is 39.0 Å². The number of para-hydroxylation sites is 1. The van der Waals surface area contributed by atoms with Crippen LogP contribution in [0.15, 0.2) is 70.6 Å². The van der Waals surface area contributed by atoms with Gasteiger partial charge in [0.1, 0.15) is 0 Å². The number of ketones is 1. The fourth-order valence-corrected chi connectivity index (χ4v) is 4.99. The molecule has 0 saturated heterocycles. The van der Waals surface area contributed by atoms with Gasteiger partial charge in [-0.3, -0.25) is 14.2 Å². The van der Waals surface area contributed by atoms with Gasteiger partial charge >= 0.3 is 0 Å². The maximum Gasteiger partial charge on any atom is 0.266 e. The lowest BCUT2D eigenvalue weighted by Crippen LogP contribution is -2.22. The highest BCUT2D eigenvalue weighted by molar-refractivity contribution is 7.99. The number of rotatable bonds is 7. The molecule has 1 heterocycles. The maximum atomic E-state index is 13.5. The zero-order valence-electron chi connectivity index (χ0n) is 20.4. The molecule has 1 aromatic heterocycles. The molecule has 0 fully saturated rings. The number of benzene rings is 3. The lowest BCUT2D eigenvalue weighted by atomic mass is 9.98. The summed E-state index contributed by atoms with van der Waals surface area (Å²) in [6.45, 7) is 10.4. The summed E-state index contributed by atoms with van der Waals surface area (Å²) in [6.07, 6.45) is 1.05. The van der Waals surface area contributed by atoms with Crippen molar-refractivity contribution in [3.8, 4) is 5.69 Å². The molecule has 0 spiro atoms. The topological polar surface area (TPSA) is 52.0 Å². The van der Waals surface area contributed by atoms with Gasteiger partial charge in [0.05, 0.1) is 22.3 Å². The van der Waals surface area contributed by atoms with Gasteiger partial charge in [0.15, 0.2) is 10.9 Å². The molecule has 0 radical (unpaired) electrons. The Bertz CT molecular complexity index is 1420. The molecule has 0 bridgehead atoms. The largest absolute Gasteiger partial charge is 0.293 e. The molecule has 0 amide bonds. The van der Waals surface area contributed by atoms with Gasteiger partial charge in [0, 0.05) is 5.56 Å². The Balaban J connectivity index is 1.74. The molecule has 0 aliphatic heterocycles. The summed E-state index contributed by atoms with van der Waals surface area (Å²) in [4.78, 5) is 31.4. The molecule has 0 N–H and O–H groups in total. The van der Waals surface area contributed by atoms with E-state index in [0.29, 0.717) is 22.0 Å². The molecule has 4 aromatic rings. The molecule has 4 rings (SSSR count). The third-order valence-corrected chi connectivity index (χ3v) is 7.49. The van der Waals surface area contributed by atoms with Crippen molar-refractivity contribution in [1.29, 1.82) is 0 Å². The minimum atomic E-state index is -0.126. The number of fused-ring (bicyclic) bond motifs is 1. The van der Waals surface area contributed by atoms with Crippen LogP contribution in [0.2, 0.25) is 0 Å². The molecule has 3 aromatic carbocycles. The minimum absolute atomic E-state index is 0.0340. The van der Waals surface area contributed by atoms with Crippen molar-refractivity contribution < 1.29 is 4.79 Å². The molecular formula is C29H30N2O2S. The van der Waals surface area contributed by atoms with Crippen LogP contribution in [0.5, 0.6) is 0 Å². The molecule has 1 atom stereocenters. The average Bonchev–Trinajstić information content (AvgIpc) is 2.84. The van der Waals surface area contributed by atoms with Crippen LogP contribution in [-0.4, -0.2) is 21.1 Å². The molecule has 4 nitrogen and oxygen atoms in total. The van der Waals surface area contributed by atoms with Crippen LogP contribution in [0.25, 0.3) is 16.6 Å². The summed E-state index contributed by atoms with van der Waals surface area (Å²) in [7, 11) is 0. The van der Waals surface area contributed by atoms with Crippen molar-refractivity contribution in [2.24, 2.45) is 0 Å². The van der Waals surface area contributed by atoms with Crippen LogP contribution >= 0.6 is 11.8 Å². The Morgan fingerprint density at radius 3 is 2.35 bits per heavy atom. The van der Waals surface area contributed by atoms with Crippen LogP contribution < -0.4 is 5.56 Å². The Morgan fingerprint density at radius 1 is 0.971 bits per heavy atom. The van der Waals surface area contributed by atoms with Crippen LogP contribution in [0.4, 0.5) is 0 Å². The molecule has 5 heteroatoms. The molecule has 0 saturated carbocycles. The maximum absolute atomic E-state index is 13.5. The second-order valence-corrected chi connectivity index (χ2v) is 9.86. The Morgan fingerprint density at radius 2 is 1.65 bits per heavy atom. The van der Waals surface area contributed by atoms with Gasteiger partial charge in [-0.2, -0.15) is 0 Å². The SMILES string of the molecule is CCC(C)c1ccc(-n2c(SCC(=O)c3cc(C)c(C)cc3C)nc3ccccc3c2=O)cc1. The van der Waals surface area contributed by atoms with E-state index >= 15 is 0 Å². The van der Waals surface area contributed by atoms with Crippen molar-refractivity contribution >= 4 is 28.4 Å². The van der Waals surface area contributed by atoms with Crippen LogP contribution in [-0.2, 0) is 0 Å². The van der Waals surface area contributed by atoms with E-state index in [0.717, 1.165) is 28.8 Å². The summed E-state index contributed by atoms with van der Waals surface area (Å²) in [5, 5.41) is 1.09. The third kappa shape index (κ3) is 4.71. The lowest BCUT2D eigenvalue weighted by Gasteiger charge is -2.15. The Hall–Kier alpha value is -3.18. The first kappa shape index (κ1) is 24.0. The van der Waals surface area contributed by atoms with Gasteiger partial charge in [-0.05, 0) is 85.7 Å². The normalized spacial score (nSPS) is 12.1. The smallest absolute Gasteiger partial charge is 0.266 e. The first-order chi connectivity index (χ1) is 16.3. The fraction of sp³-hybridized carbons (Fsp3) is 0.276. The first-order valence-electron chi connectivity index (χ1n) is 11.7. The number of thioether (sulfide) groups is 1. The molecule has 174 valence electrons. The molecule has 1 unspecified atom stereocenters. The van der Waals surface area contributed by atoms with E-state index in [1.54, 1.807) is 10.6 Å². The highest BCUT2D eigenvalue weighted by atomic mass is 32.2. The number of aryl methyl sites for hydroxylation is 3. The molecule has 34 heavy (non-hydrogen) atoms. The third-order valence-electron chi connectivity index (χ3n) is 6.55. The monoisotopic (exact) mass is 470 g/mol. The summed E-state index contributed by atoms with van der Waals surface area (Å²) in [5.41, 5.74) is 6.47. The summed E-state index contributed by atoms with van der Waals surface area (Å²) in [5.74, 6) is 0.693. The average molecular weight is 471 g/mol. The van der Waals surface area contributed by atoms with Gasteiger partial charge in [-0.1, -0.05) is 55.9 Å². The van der Waals surface area contributed by atoms with Gasteiger partial charge in [0.25, 0.3) is 5.56 Å². The number of carbonyl (C=O) groups is 1. The van der Waals surface area contributed by atoms with E-state index in [1.807, 2.05) is 50.2 Å². The summed E-state index contributed by atoms with van der Waals surface area (Å²) >= 11 is 1.31. The molecular weight excluding hydrogens is 440 g/mol. The second kappa shape index (κ2) is 9.98. The predicted molar refractivity (Wildman–Crippen MR) is 142 cm³/mol. The number of Topliss-reactive ketones (excluding diaryl/α,β-unsaturated/α-hetero) is 1. The Kier molecular flexibility index (Phi) is 7.03. The standard InChI is InChI=1S/C29H30N2O2S/c1-6-18(2)22-11-13-23(14-12-22)31-28(33)24-9-7-8-10-26(24)30-29(31)34-17-27(32)25-16-20(4)19(3)15-21(25)5/h7-16,18H,6,17H2,1-5H3. The van der Waals surface area contributed by atoms with Crippen molar-refractivity contribution in [3.63, 3.8) is 0 Å². The van der Waals surface area contributed by atoms with Crippen LogP contribution in [0.1, 0.15) is 58.8 Å². The van der Waals surface area contributed by atoms with E-state index < -0.39 is 0 Å². The van der Waals surface area contributed by atoms with Gasteiger partial charge < -0.3 is 0 Å². The van der Waals surface area contributed by atoms with Crippen molar-refractivity contribution in [2.45, 2.75) is 52.1 Å². The fourth-order valence-electron chi connectivity index (χ4n) is 4.09. The quantitative estimate of drug-likeness (QED) is 0.169. The highest BCUT2D eigenvalue weighted by Gasteiger charge is 2.17. The van der Waals surface area contributed by atoms with Gasteiger partial charge in [-0.25, -0.2) is 4.98 Å². The van der Waals surface area contributed by atoms with Crippen molar-refractivity contribution in [3.05, 3.63) is 98.8 Å². The predicted octanol–water partition coefficient (Wildman–Crippen LogP) is 6.80. The summed E-state index contributed by atoms with van der Waals surface area (Å²) < 4.78 is 1.63. The number of aromatic nitrogens is 2. The first-order valence-corrected chi connectivity index (χ1v) is 12.6. The van der Waals surface area contributed by atoms with Crippen molar-refractivity contribution in [1.82, 2.24) is 9.55 Å². The number of nitrogens with zero attached hydrogens (tertiary/aromatic N) is 2. The zero-order chi connectivity index (χ0) is 24.4. The number of carbonyl (C=O) groups excluding carboxylic acids is 1. The van der Waals surface area contributed by atoms with Gasteiger partial charge in [0.2, 0.25) is 0 Å². The second-order valence-electron chi connectivity index (χ2n) is 8.92. The van der Waals surface area contributed by atoms with E-state index in [9.17, 15) is 9.59 Å². The van der Waals surface area contributed by atoms with E-state index in [1.165, 1.54) is 22.9 Å². The minimum Gasteiger partial charge on any atom is -0.293 e. The lowest BCUT2D eigenvalue weighted by molar-refractivity contribution is 0.102. The number of hydrogen-bond acceptors (Lipinski definition) is 4. The van der Waals surface area contributed by atoms with E-state index in [4.69, 9.17) is 4.98 Å². The van der Waals surface area contributed by atoms with Crippen LogP contribution in [0, 0.1) is 20.8 Å². The highest BCUT2D eigenvalue weighted by Crippen LogP contribution is 2.25. The molecule has 0 aliphatic rings. The molecule has 0 aliphatic carbocycles. The number of hydrogen-bond donors (Lipinski definition) is 0. The zero-order valence-corrected chi connectivity index (χ0v) is 21.2. The summed E-state index contributed by atoms with van der Waals surface area (Å²) in [6, 6.07) is 19.5. The Labute approximate surface area is 205 Å². The van der Waals surface area contributed by atoms with Crippen LogP contribution in [0.3, 0.4) is 0 Å². The van der Waals surface area contributed by atoms with E-state index in [-0.39, 0.29) is 17.1 Å². The van der Waals surface area contributed by atoms with Crippen molar-refractivity contribution in [2.75, 3.05) is 5.75 Å². The van der Waals surface area contributed by atoms with Gasteiger partial charge in [-0.15, -0.1) is 0 Å².